The van der Waals surface area contributed by atoms with E-state index in [0.717, 1.165) is 32.5 Å². The average Bonchev–Trinajstić information content (AvgIpc) is 3.02. The van der Waals surface area contributed by atoms with E-state index < -0.39 is 0 Å². The number of nitrogens with one attached hydrogen (secondary N) is 1. The van der Waals surface area contributed by atoms with Crippen LogP contribution in [0.25, 0.3) is 10.9 Å². The normalized spacial score (nSPS) is 20.5. The summed E-state index contributed by atoms with van der Waals surface area (Å²) in [7, 11) is 0. The Bertz CT molecular complexity index is 1020. The molecule has 0 bridgehead atoms. The SMILES string of the molecule is CC1=C(C#N)C(c2ccc3n[nH]c(Br)c3c2)C(C#N)=C2COCCN12. The van der Waals surface area contributed by atoms with E-state index in [2.05, 4.69) is 38.3 Å². The number of rotatable bonds is 1. The molecule has 4 rings (SSSR count). The molecule has 2 aromatic rings. The zero-order valence-corrected chi connectivity index (χ0v) is 15.1. The summed E-state index contributed by atoms with van der Waals surface area (Å²) in [5, 5.41) is 27.7. The van der Waals surface area contributed by atoms with E-state index in [9.17, 15) is 10.5 Å². The van der Waals surface area contributed by atoms with Crippen molar-refractivity contribution >= 4 is 26.8 Å². The minimum absolute atomic E-state index is 0.380. The quantitative estimate of drug-likeness (QED) is 0.799. The van der Waals surface area contributed by atoms with Crippen molar-refractivity contribution in [2.75, 3.05) is 19.8 Å². The van der Waals surface area contributed by atoms with Crippen LogP contribution in [-0.2, 0) is 4.74 Å². The molecule has 1 unspecified atom stereocenters. The first-order chi connectivity index (χ1) is 12.2. The van der Waals surface area contributed by atoms with Crippen molar-refractivity contribution in [2.24, 2.45) is 0 Å². The molecule has 1 aromatic carbocycles. The standard InChI is InChI=1S/C18H14BrN5O/c1-10-13(7-20)17(14(8-21)16-9-25-5-4-24(10)16)11-2-3-15-12(6-11)18(19)23-22-15/h2-3,6,17H,4-5,9H2,1H3,(H,22,23). The summed E-state index contributed by atoms with van der Waals surface area (Å²) in [6.07, 6.45) is 0. The van der Waals surface area contributed by atoms with Crippen LogP contribution in [-0.4, -0.2) is 34.9 Å². The molecule has 7 heteroatoms. The molecular formula is C18H14BrN5O. The van der Waals surface area contributed by atoms with Crippen LogP contribution in [0, 0.1) is 22.7 Å². The maximum atomic E-state index is 9.84. The number of nitrogens with zero attached hydrogens (tertiary/aromatic N) is 4. The lowest BCUT2D eigenvalue weighted by atomic mass is 9.80. The summed E-state index contributed by atoms with van der Waals surface area (Å²) >= 11 is 3.46. The first-order valence-corrected chi connectivity index (χ1v) is 8.67. The molecule has 2 aliphatic heterocycles. The first-order valence-electron chi connectivity index (χ1n) is 7.88. The highest BCUT2D eigenvalue weighted by molar-refractivity contribution is 9.10. The Balaban J connectivity index is 1.94. The molecule has 25 heavy (non-hydrogen) atoms. The van der Waals surface area contributed by atoms with Crippen LogP contribution < -0.4 is 0 Å². The number of H-pyrrole nitrogens is 1. The van der Waals surface area contributed by atoms with E-state index in [-0.39, 0.29) is 5.92 Å². The number of ether oxygens (including phenoxy) is 1. The molecule has 0 saturated carbocycles. The second-order valence-electron chi connectivity index (χ2n) is 6.03. The van der Waals surface area contributed by atoms with Crippen molar-refractivity contribution < 1.29 is 4.74 Å². The second-order valence-corrected chi connectivity index (χ2v) is 6.83. The monoisotopic (exact) mass is 395 g/mol. The zero-order chi connectivity index (χ0) is 17.6. The molecule has 1 atom stereocenters. The van der Waals surface area contributed by atoms with Gasteiger partial charge in [-0.3, -0.25) is 5.10 Å². The maximum Gasteiger partial charge on any atom is 0.108 e. The predicted molar refractivity (Wildman–Crippen MR) is 95.0 cm³/mol. The van der Waals surface area contributed by atoms with Gasteiger partial charge in [0.2, 0.25) is 0 Å². The summed E-state index contributed by atoms with van der Waals surface area (Å²) in [6, 6.07) is 10.5. The van der Waals surface area contributed by atoms with Gasteiger partial charge in [-0.25, -0.2) is 0 Å². The van der Waals surface area contributed by atoms with Gasteiger partial charge in [-0.05, 0) is 40.5 Å². The number of halogens is 1. The Hall–Kier alpha value is -2.61. The molecule has 0 radical (unpaired) electrons. The molecule has 1 saturated heterocycles. The summed E-state index contributed by atoms with van der Waals surface area (Å²) in [6.45, 7) is 3.60. The van der Waals surface area contributed by atoms with E-state index in [4.69, 9.17) is 4.74 Å². The number of nitriles is 2. The van der Waals surface area contributed by atoms with E-state index in [1.165, 1.54) is 0 Å². The third kappa shape index (κ3) is 2.36. The average molecular weight is 396 g/mol. The highest BCUT2D eigenvalue weighted by Gasteiger charge is 2.36. The number of benzene rings is 1. The number of morpholine rings is 1. The lowest BCUT2D eigenvalue weighted by Gasteiger charge is -2.39. The number of aromatic amines is 1. The van der Waals surface area contributed by atoms with Gasteiger partial charge in [-0.1, -0.05) is 6.07 Å². The number of allylic oxidation sites excluding steroid dienone is 3. The second kappa shape index (κ2) is 6.03. The molecule has 1 aromatic heterocycles. The molecule has 124 valence electrons. The molecule has 6 nitrogen and oxygen atoms in total. The van der Waals surface area contributed by atoms with Crippen molar-refractivity contribution in [3.63, 3.8) is 0 Å². The fourth-order valence-electron chi connectivity index (χ4n) is 3.58. The Kier molecular flexibility index (Phi) is 3.84. The Morgan fingerprint density at radius 1 is 1.32 bits per heavy atom. The molecule has 2 aliphatic rings. The highest BCUT2D eigenvalue weighted by Crippen LogP contribution is 2.42. The number of aromatic nitrogens is 2. The molecule has 0 amide bonds. The Morgan fingerprint density at radius 3 is 2.88 bits per heavy atom. The summed E-state index contributed by atoms with van der Waals surface area (Å²) < 4.78 is 6.36. The molecular weight excluding hydrogens is 382 g/mol. The fraction of sp³-hybridized carbons (Fsp3) is 0.278. The van der Waals surface area contributed by atoms with Gasteiger partial charge in [0, 0.05) is 17.6 Å². The lowest BCUT2D eigenvalue weighted by molar-refractivity contribution is 0.0836. The maximum absolute atomic E-state index is 9.84. The van der Waals surface area contributed by atoms with Crippen LogP contribution in [0.2, 0.25) is 0 Å². The topological polar surface area (TPSA) is 88.7 Å². The minimum atomic E-state index is -0.380. The van der Waals surface area contributed by atoms with Crippen LogP contribution in [0.3, 0.4) is 0 Å². The molecule has 1 fully saturated rings. The van der Waals surface area contributed by atoms with E-state index in [1.807, 2.05) is 30.0 Å². The largest absolute Gasteiger partial charge is 0.373 e. The van der Waals surface area contributed by atoms with Crippen molar-refractivity contribution in [3.05, 3.63) is 50.9 Å². The minimum Gasteiger partial charge on any atom is -0.373 e. The van der Waals surface area contributed by atoms with Crippen molar-refractivity contribution in [1.82, 2.24) is 15.1 Å². The number of fused-ring (bicyclic) bond motifs is 2. The van der Waals surface area contributed by atoms with E-state index in [1.54, 1.807) is 0 Å². The van der Waals surface area contributed by atoms with Gasteiger partial charge >= 0.3 is 0 Å². The van der Waals surface area contributed by atoms with E-state index in [0.29, 0.717) is 30.9 Å². The van der Waals surface area contributed by atoms with Crippen molar-refractivity contribution in [2.45, 2.75) is 12.8 Å². The molecule has 3 heterocycles. The van der Waals surface area contributed by atoms with E-state index >= 15 is 0 Å². The van der Waals surface area contributed by atoms with Gasteiger partial charge in [-0.15, -0.1) is 0 Å². The lowest BCUT2D eigenvalue weighted by Crippen LogP contribution is -2.38. The zero-order valence-electron chi connectivity index (χ0n) is 13.5. The van der Waals surface area contributed by atoms with Crippen LogP contribution in [0.4, 0.5) is 0 Å². The number of hydrogen-bond donors (Lipinski definition) is 1. The van der Waals surface area contributed by atoms with Crippen molar-refractivity contribution in [3.8, 4) is 12.1 Å². The fourth-order valence-corrected chi connectivity index (χ4v) is 3.99. The van der Waals surface area contributed by atoms with Gasteiger partial charge in [0.25, 0.3) is 0 Å². The Morgan fingerprint density at radius 2 is 2.12 bits per heavy atom. The third-order valence-corrected chi connectivity index (χ3v) is 5.42. The first kappa shape index (κ1) is 15.9. The highest BCUT2D eigenvalue weighted by atomic mass is 79.9. The predicted octanol–water partition coefficient (Wildman–Crippen LogP) is 3.33. The van der Waals surface area contributed by atoms with Gasteiger partial charge < -0.3 is 9.64 Å². The van der Waals surface area contributed by atoms with Crippen LogP contribution in [0.1, 0.15) is 18.4 Å². The number of hydrogen-bond acceptors (Lipinski definition) is 5. The molecule has 0 aliphatic carbocycles. The van der Waals surface area contributed by atoms with Gasteiger partial charge in [0.15, 0.2) is 0 Å². The summed E-state index contributed by atoms with van der Waals surface area (Å²) in [4.78, 5) is 2.05. The third-order valence-electron chi connectivity index (χ3n) is 4.81. The summed E-state index contributed by atoms with van der Waals surface area (Å²) in [5.74, 6) is -0.380. The smallest absolute Gasteiger partial charge is 0.108 e. The Labute approximate surface area is 153 Å². The van der Waals surface area contributed by atoms with Gasteiger partial charge in [-0.2, -0.15) is 15.6 Å². The van der Waals surface area contributed by atoms with Gasteiger partial charge in [0.05, 0.1) is 53.6 Å². The van der Waals surface area contributed by atoms with Crippen LogP contribution >= 0.6 is 15.9 Å². The summed E-state index contributed by atoms with van der Waals surface area (Å²) in [5.41, 5.74) is 4.69. The molecule has 0 spiro atoms. The van der Waals surface area contributed by atoms with Crippen molar-refractivity contribution in [1.29, 1.82) is 10.5 Å². The van der Waals surface area contributed by atoms with Crippen LogP contribution in [0.15, 0.2) is 45.3 Å². The van der Waals surface area contributed by atoms with Crippen LogP contribution in [0.5, 0.6) is 0 Å². The van der Waals surface area contributed by atoms with Gasteiger partial charge in [0.1, 0.15) is 4.60 Å². The molecule has 1 N–H and O–H groups in total.